The van der Waals surface area contributed by atoms with Gasteiger partial charge in [0.25, 0.3) is 5.91 Å². The number of para-hydroxylation sites is 2. The van der Waals surface area contributed by atoms with Crippen LogP contribution in [0.25, 0.3) is 0 Å². The monoisotopic (exact) mass is 357 g/mol. The number of rotatable bonds is 5. The molecule has 136 valence electrons. The fourth-order valence-corrected chi connectivity index (χ4v) is 3.10. The second-order valence-corrected chi connectivity index (χ2v) is 6.11. The highest BCUT2D eigenvalue weighted by atomic mass is 19.1. The number of halogens is 1. The van der Waals surface area contributed by atoms with Crippen molar-refractivity contribution >= 4 is 17.3 Å². The van der Waals surface area contributed by atoms with E-state index in [0.29, 0.717) is 34.7 Å². The van der Waals surface area contributed by atoms with Gasteiger partial charge in [0.15, 0.2) is 0 Å². The first-order chi connectivity index (χ1) is 12.5. The molecule has 26 heavy (non-hydrogen) atoms. The summed E-state index contributed by atoms with van der Waals surface area (Å²) in [6, 6.07) is 9.79. The van der Waals surface area contributed by atoms with Crippen molar-refractivity contribution in [1.82, 2.24) is 5.43 Å². The van der Waals surface area contributed by atoms with Crippen LogP contribution >= 0.6 is 0 Å². The van der Waals surface area contributed by atoms with Gasteiger partial charge in [-0.3, -0.25) is 4.79 Å². The van der Waals surface area contributed by atoms with Gasteiger partial charge in [0.05, 0.1) is 25.1 Å². The molecule has 0 fully saturated rings. The molecule has 0 heterocycles. The van der Waals surface area contributed by atoms with Crippen molar-refractivity contribution in [3.63, 3.8) is 0 Å². The van der Waals surface area contributed by atoms with Crippen molar-refractivity contribution in [2.75, 3.05) is 19.0 Å². The summed E-state index contributed by atoms with van der Waals surface area (Å²) in [6.07, 6.45) is 0.448. The zero-order valence-corrected chi connectivity index (χ0v) is 14.5. The lowest BCUT2D eigenvalue weighted by atomic mass is 10.0. The van der Waals surface area contributed by atoms with Crippen LogP contribution in [0.4, 0.5) is 10.1 Å². The third-order valence-corrected chi connectivity index (χ3v) is 4.31. The molecular formula is C19H20FN3O3. The summed E-state index contributed by atoms with van der Waals surface area (Å²) in [5.41, 5.74) is 4.42. The van der Waals surface area contributed by atoms with Gasteiger partial charge in [-0.2, -0.15) is 5.10 Å². The zero-order chi connectivity index (χ0) is 18.7. The fraction of sp³-hybridized carbons (Fsp3) is 0.263. The number of hydrazone groups is 1. The molecule has 1 amide bonds. The number of phenols is 1. The molecule has 2 aromatic carbocycles. The van der Waals surface area contributed by atoms with E-state index in [9.17, 15) is 14.3 Å². The Hall–Kier alpha value is -3.09. The predicted molar refractivity (Wildman–Crippen MR) is 97.3 cm³/mol. The number of benzene rings is 2. The molecule has 1 atom stereocenters. The van der Waals surface area contributed by atoms with Crippen LogP contribution in [0.5, 0.6) is 11.5 Å². The minimum Gasteiger partial charge on any atom is -0.507 e. The number of hydrogen-bond donors (Lipinski definition) is 3. The van der Waals surface area contributed by atoms with Crippen LogP contribution in [0.1, 0.15) is 30.4 Å². The van der Waals surface area contributed by atoms with Crippen LogP contribution in [0, 0.1) is 5.82 Å². The molecule has 0 unspecified atom stereocenters. The Bertz CT molecular complexity index is 867. The standard InChI is InChI=1S/C19H20FN3O3/c1-11-9-14(19-15(24)8-7-12(20)18(11)19)22-23-17(25)10-21-13-5-3-4-6-16(13)26-2/h3-8,11,21,24H,9-10H2,1-2H3,(H,23,25)/b22-14+/t11-/m1/s1. The van der Waals surface area contributed by atoms with E-state index >= 15 is 0 Å². The topological polar surface area (TPSA) is 83.0 Å². The molecule has 1 aliphatic rings. The number of fused-ring (bicyclic) bond motifs is 1. The maximum absolute atomic E-state index is 14.0. The first-order valence-corrected chi connectivity index (χ1v) is 8.25. The molecule has 6 nitrogen and oxygen atoms in total. The summed E-state index contributed by atoms with van der Waals surface area (Å²) >= 11 is 0. The van der Waals surface area contributed by atoms with Gasteiger partial charge in [0.1, 0.15) is 17.3 Å². The van der Waals surface area contributed by atoms with Gasteiger partial charge in [-0.15, -0.1) is 0 Å². The second kappa shape index (κ2) is 7.43. The van der Waals surface area contributed by atoms with Gasteiger partial charge < -0.3 is 15.2 Å². The first kappa shape index (κ1) is 17.7. The molecule has 3 N–H and O–H groups in total. The van der Waals surface area contributed by atoms with Crippen LogP contribution in [0.2, 0.25) is 0 Å². The lowest BCUT2D eigenvalue weighted by Gasteiger charge is -2.10. The molecule has 0 spiro atoms. The molecule has 0 aromatic heterocycles. The average Bonchev–Trinajstić information content (AvgIpc) is 2.99. The van der Waals surface area contributed by atoms with Crippen molar-refractivity contribution in [3.05, 3.63) is 53.3 Å². The van der Waals surface area contributed by atoms with E-state index in [-0.39, 0.29) is 29.9 Å². The van der Waals surface area contributed by atoms with E-state index in [2.05, 4.69) is 15.8 Å². The van der Waals surface area contributed by atoms with Crippen molar-refractivity contribution in [2.45, 2.75) is 19.3 Å². The number of carbonyl (C=O) groups excluding carboxylic acids is 1. The number of aromatic hydroxyl groups is 1. The number of nitrogens with one attached hydrogen (secondary N) is 2. The molecule has 3 rings (SSSR count). The van der Waals surface area contributed by atoms with Crippen molar-refractivity contribution in [1.29, 1.82) is 0 Å². The average molecular weight is 357 g/mol. The van der Waals surface area contributed by atoms with Gasteiger partial charge in [-0.05, 0) is 36.6 Å². The highest BCUT2D eigenvalue weighted by Gasteiger charge is 2.30. The Kier molecular flexibility index (Phi) is 5.06. The Morgan fingerprint density at radius 1 is 1.35 bits per heavy atom. The summed E-state index contributed by atoms with van der Waals surface area (Å²) in [5.74, 6) is -0.254. The van der Waals surface area contributed by atoms with Gasteiger partial charge in [-0.25, -0.2) is 9.82 Å². The SMILES string of the molecule is COc1ccccc1NCC(=O)N/N=C1\C[C@@H](C)c2c(F)ccc(O)c21. The summed E-state index contributed by atoms with van der Waals surface area (Å²) in [7, 11) is 1.55. The summed E-state index contributed by atoms with van der Waals surface area (Å²) in [4.78, 5) is 12.1. The summed E-state index contributed by atoms with van der Waals surface area (Å²) in [5, 5.41) is 17.1. The number of hydrogen-bond acceptors (Lipinski definition) is 5. The Labute approximate surface area is 150 Å². The van der Waals surface area contributed by atoms with Crippen molar-refractivity contribution < 1.29 is 19.0 Å². The Balaban J connectivity index is 1.68. The molecule has 0 saturated heterocycles. The smallest absolute Gasteiger partial charge is 0.259 e. The van der Waals surface area contributed by atoms with Gasteiger partial charge in [0, 0.05) is 11.1 Å². The largest absolute Gasteiger partial charge is 0.507 e. The van der Waals surface area contributed by atoms with Crippen molar-refractivity contribution in [2.24, 2.45) is 5.10 Å². The maximum Gasteiger partial charge on any atom is 0.259 e. The number of ether oxygens (including phenoxy) is 1. The normalized spacial score (nSPS) is 17.0. The highest BCUT2D eigenvalue weighted by Crippen LogP contribution is 2.39. The fourth-order valence-electron chi connectivity index (χ4n) is 3.10. The lowest BCUT2D eigenvalue weighted by Crippen LogP contribution is -2.27. The second-order valence-electron chi connectivity index (χ2n) is 6.11. The van der Waals surface area contributed by atoms with Crippen LogP contribution < -0.4 is 15.5 Å². The molecule has 2 aromatic rings. The lowest BCUT2D eigenvalue weighted by molar-refractivity contribution is -0.119. The molecule has 0 bridgehead atoms. The van der Waals surface area contributed by atoms with Crippen LogP contribution in [0.3, 0.4) is 0 Å². The predicted octanol–water partition coefficient (Wildman–Crippen LogP) is 2.98. The molecule has 1 aliphatic carbocycles. The highest BCUT2D eigenvalue weighted by molar-refractivity contribution is 6.07. The zero-order valence-electron chi connectivity index (χ0n) is 14.5. The van der Waals surface area contributed by atoms with E-state index < -0.39 is 0 Å². The van der Waals surface area contributed by atoms with Crippen LogP contribution in [-0.4, -0.2) is 30.4 Å². The quantitative estimate of drug-likeness (QED) is 0.719. The van der Waals surface area contributed by atoms with Gasteiger partial charge >= 0.3 is 0 Å². The number of anilines is 1. The van der Waals surface area contributed by atoms with Gasteiger partial charge in [0.2, 0.25) is 0 Å². The third kappa shape index (κ3) is 3.46. The Morgan fingerprint density at radius 2 is 2.12 bits per heavy atom. The molecule has 0 aliphatic heterocycles. The number of nitrogens with zero attached hydrogens (tertiary/aromatic N) is 1. The number of phenolic OH excluding ortho intramolecular Hbond substituents is 1. The molecule has 0 radical (unpaired) electrons. The maximum atomic E-state index is 14.0. The van der Waals surface area contributed by atoms with E-state index in [4.69, 9.17) is 4.74 Å². The van der Waals surface area contributed by atoms with Crippen LogP contribution in [0.15, 0.2) is 41.5 Å². The Morgan fingerprint density at radius 3 is 2.88 bits per heavy atom. The number of amides is 1. The van der Waals surface area contributed by atoms with E-state index in [1.807, 2.05) is 19.1 Å². The van der Waals surface area contributed by atoms with E-state index in [0.717, 1.165) is 0 Å². The van der Waals surface area contributed by atoms with E-state index in [1.54, 1.807) is 19.2 Å². The van der Waals surface area contributed by atoms with Crippen molar-refractivity contribution in [3.8, 4) is 11.5 Å². The summed E-state index contributed by atoms with van der Waals surface area (Å²) < 4.78 is 19.2. The van der Waals surface area contributed by atoms with Crippen LogP contribution in [-0.2, 0) is 4.79 Å². The minimum absolute atomic E-state index is 0.00526. The third-order valence-electron chi connectivity index (χ3n) is 4.31. The minimum atomic E-state index is -0.375. The molecule has 7 heteroatoms. The molecule has 0 saturated carbocycles. The van der Waals surface area contributed by atoms with Gasteiger partial charge in [-0.1, -0.05) is 19.1 Å². The summed E-state index contributed by atoms with van der Waals surface area (Å²) in [6.45, 7) is 1.85. The molecular weight excluding hydrogens is 337 g/mol. The first-order valence-electron chi connectivity index (χ1n) is 8.25. The number of methoxy groups -OCH3 is 1. The number of carbonyl (C=O) groups is 1. The van der Waals surface area contributed by atoms with E-state index in [1.165, 1.54) is 12.1 Å².